The van der Waals surface area contributed by atoms with Crippen LogP contribution < -0.4 is 5.32 Å². The lowest BCUT2D eigenvalue weighted by Crippen LogP contribution is -2.41. The number of aryl methyl sites for hydroxylation is 2. The third kappa shape index (κ3) is 2.37. The van der Waals surface area contributed by atoms with Crippen LogP contribution in [-0.4, -0.2) is 21.2 Å². The molecule has 15 heavy (non-hydrogen) atoms. The van der Waals surface area contributed by atoms with E-state index in [0.29, 0.717) is 11.4 Å². The summed E-state index contributed by atoms with van der Waals surface area (Å²) >= 11 is 9.48. The number of hydrogen-bond donors (Lipinski definition) is 1. The maximum atomic E-state index is 5.93. The van der Waals surface area contributed by atoms with Crippen molar-refractivity contribution in [2.24, 2.45) is 7.05 Å². The summed E-state index contributed by atoms with van der Waals surface area (Å²) in [4.78, 5) is 0. The lowest BCUT2D eigenvalue weighted by molar-refractivity contribution is 0.341. The zero-order valence-corrected chi connectivity index (χ0v) is 11.3. The van der Waals surface area contributed by atoms with Crippen molar-refractivity contribution >= 4 is 27.5 Å². The standard InChI is InChI=1S/C10H15BrClN3/c1-6-10(11)9(15(2)14-6)5-13-8-3-7(12)4-8/h7-8,13H,3-5H2,1-2H3. The molecule has 0 unspecified atom stereocenters. The monoisotopic (exact) mass is 291 g/mol. The van der Waals surface area contributed by atoms with Gasteiger partial charge in [-0.3, -0.25) is 4.68 Å². The fourth-order valence-electron chi connectivity index (χ4n) is 1.83. The summed E-state index contributed by atoms with van der Waals surface area (Å²) < 4.78 is 3.03. The summed E-state index contributed by atoms with van der Waals surface area (Å²) in [5.74, 6) is 0. The molecule has 2 rings (SSSR count). The zero-order chi connectivity index (χ0) is 11.0. The highest BCUT2D eigenvalue weighted by atomic mass is 79.9. The molecule has 0 saturated heterocycles. The maximum absolute atomic E-state index is 5.93. The second kappa shape index (κ2) is 4.44. The van der Waals surface area contributed by atoms with E-state index in [1.54, 1.807) is 0 Å². The molecule has 1 aliphatic carbocycles. The van der Waals surface area contributed by atoms with Gasteiger partial charge in [0.25, 0.3) is 0 Å². The van der Waals surface area contributed by atoms with Crippen LogP contribution in [0.15, 0.2) is 4.47 Å². The minimum absolute atomic E-state index is 0.374. The summed E-state index contributed by atoms with van der Waals surface area (Å²) in [6.45, 7) is 2.86. The normalized spacial score (nSPS) is 25.3. The third-order valence-corrected chi connectivity index (χ3v) is 4.29. The van der Waals surface area contributed by atoms with E-state index in [2.05, 4.69) is 26.3 Å². The van der Waals surface area contributed by atoms with Gasteiger partial charge in [-0.25, -0.2) is 0 Å². The molecule has 0 amide bonds. The Labute approximate surface area is 103 Å². The Morgan fingerprint density at radius 1 is 1.60 bits per heavy atom. The van der Waals surface area contributed by atoms with Gasteiger partial charge in [0.05, 0.1) is 15.9 Å². The van der Waals surface area contributed by atoms with Gasteiger partial charge < -0.3 is 5.32 Å². The molecule has 0 bridgehead atoms. The molecule has 1 aromatic rings. The molecule has 0 spiro atoms. The maximum Gasteiger partial charge on any atom is 0.0739 e. The van der Waals surface area contributed by atoms with Crippen molar-refractivity contribution in [3.63, 3.8) is 0 Å². The van der Waals surface area contributed by atoms with Gasteiger partial charge in [0.2, 0.25) is 0 Å². The summed E-state index contributed by atoms with van der Waals surface area (Å²) in [7, 11) is 1.97. The van der Waals surface area contributed by atoms with Crippen molar-refractivity contribution < 1.29 is 0 Å². The second-order valence-corrected chi connectivity index (χ2v) is 5.53. The molecule has 1 fully saturated rings. The average molecular weight is 293 g/mol. The number of hydrogen-bond acceptors (Lipinski definition) is 2. The topological polar surface area (TPSA) is 29.9 Å². The molecule has 0 radical (unpaired) electrons. The van der Waals surface area contributed by atoms with Crippen LogP contribution in [0.4, 0.5) is 0 Å². The molecule has 1 N–H and O–H groups in total. The van der Waals surface area contributed by atoms with E-state index in [9.17, 15) is 0 Å². The van der Waals surface area contributed by atoms with Crippen molar-refractivity contribution in [1.82, 2.24) is 15.1 Å². The van der Waals surface area contributed by atoms with Gasteiger partial charge in [0, 0.05) is 25.0 Å². The van der Waals surface area contributed by atoms with Crippen LogP contribution >= 0.6 is 27.5 Å². The van der Waals surface area contributed by atoms with Crippen LogP contribution in [0.3, 0.4) is 0 Å². The smallest absolute Gasteiger partial charge is 0.0739 e. The quantitative estimate of drug-likeness (QED) is 0.867. The molecule has 1 saturated carbocycles. The van der Waals surface area contributed by atoms with E-state index in [0.717, 1.165) is 29.6 Å². The Hall–Kier alpha value is -0.0600. The molecular weight excluding hydrogens is 277 g/mol. The molecule has 1 aliphatic rings. The molecule has 1 aromatic heterocycles. The molecule has 0 aliphatic heterocycles. The average Bonchev–Trinajstić information content (AvgIpc) is 2.36. The fourth-order valence-corrected chi connectivity index (χ4v) is 2.73. The SMILES string of the molecule is Cc1nn(C)c(CNC2CC(Cl)C2)c1Br. The van der Waals surface area contributed by atoms with Crippen LogP contribution in [0.25, 0.3) is 0 Å². The first-order valence-corrected chi connectivity index (χ1v) is 6.36. The summed E-state index contributed by atoms with van der Waals surface area (Å²) in [5, 5.41) is 8.21. The van der Waals surface area contributed by atoms with Gasteiger partial charge in [0.15, 0.2) is 0 Å². The van der Waals surface area contributed by atoms with Gasteiger partial charge in [-0.2, -0.15) is 5.10 Å². The van der Waals surface area contributed by atoms with E-state index in [1.807, 2.05) is 18.7 Å². The number of rotatable bonds is 3. The van der Waals surface area contributed by atoms with Crippen LogP contribution in [0.5, 0.6) is 0 Å². The molecular formula is C10H15BrClN3. The lowest BCUT2D eigenvalue weighted by Gasteiger charge is -2.31. The Bertz CT molecular complexity index is 358. The number of aromatic nitrogens is 2. The number of nitrogens with one attached hydrogen (secondary N) is 1. The molecule has 5 heteroatoms. The number of alkyl halides is 1. The first-order chi connectivity index (χ1) is 7.08. The van der Waals surface area contributed by atoms with Crippen molar-refractivity contribution in [3.8, 4) is 0 Å². The Kier molecular flexibility index (Phi) is 3.38. The van der Waals surface area contributed by atoms with E-state index in [1.165, 1.54) is 5.69 Å². The van der Waals surface area contributed by atoms with Gasteiger partial charge in [-0.1, -0.05) is 0 Å². The highest BCUT2D eigenvalue weighted by Crippen LogP contribution is 2.26. The van der Waals surface area contributed by atoms with E-state index >= 15 is 0 Å². The molecule has 0 aromatic carbocycles. The van der Waals surface area contributed by atoms with E-state index < -0.39 is 0 Å². The van der Waals surface area contributed by atoms with E-state index in [4.69, 9.17) is 11.6 Å². The Balaban J connectivity index is 1.93. The summed E-state index contributed by atoms with van der Waals surface area (Å²) in [6.07, 6.45) is 2.16. The van der Waals surface area contributed by atoms with Crippen molar-refractivity contribution in [2.75, 3.05) is 0 Å². The van der Waals surface area contributed by atoms with Crippen LogP contribution in [0.1, 0.15) is 24.2 Å². The lowest BCUT2D eigenvalue weighted by atomic mass is 9.92. The Morgan fingerprint density at radius 2 is 2.27 bits per heavy atom. The van der Waals surface area contributed by atoms with Crippen molar-refractivity contribution in [2.45, 2.75) is 37.7 Å². The predicted octanol–water partition coefficient (Wildman–Crippen LogP) is 2.35. The van der Waals surface area contributed by atoms with Crippen LogP contribution in [-0.2, 0) is 13.6 Å². The predicted molar refractivity (Wildman–Crippen MR) is 65.1 cm³/mol. The van der Waals surface area contributed by atoms with Crippen molar-refractivity contribution in [1.29, 1.82) is 0 Å². The van der Waals surface area contributed by atoms with Gasteiger partial charge in [-0.05, 0) is 35.7 Å². The molecule has 84 valence electrons. The number of nitrogens with zero attached hydrogens (tertiary/aromatic N) is 2. The molecule has 3 nitrogen and oxygen atoms in total. The minimum atomic E-state index is 0.374. The second-order valence-electron chi connectivity index (χ2n) is 4.12. The fraction of sp³-hybridized carbons (Fsp3) is 0.700. The van der Waals surface area contributed by atoms with Gasteiger partial charge >= 0.3 is 0 Å². The third-order valence-electron chi connectivity index (χ3n) is 2.90. The van der Waals surface area contributed by atoms with Crippen LogP contribution in [0.2, 0.25) is 0 Å². The van der Waals surface area contributed by atoms with E-state index in [-0.39, 0.29) is 0 Å². The minimum Gasteiger partial charge on any atom is -0.308 e. The highest BCUT2D eigenvalue weighted by Gasteiger charge is 2.27. The number of halogens is 2. The largest absolute Gasteiger partial charge is 0.308 e. The first-order valence-electron chi connectivity index (χ1n) is 5.13. The Morgan fingerprint density at radius 3 is 2.73 bits per heavy atom. The summed E-state index contributed by atoms with van der Waals surface area (Å²) in [5.41, 5.74) is 2.24. The molecule has 0 atom stereocenters. The molecule has 1 heterocycles. The summed E-state index contributed by atoms with van der Waals surface area (Å²) in [6, 6.07) is 0.578. The van der Waals surface area contributed by atoms with Gasteiger partial charge in [-0.15, -0.1) is 11.6 Å². The van der Waals surface area contributed by atoms with Crippen molar-refractivity contribution in [3.05, 3.63) is 15.9 Å². The van der Waals surface area contributed by atoms with Crippen LogP contribution in [0, 0.1) is 6.92 Å². The van der Waals surface area contributed by atoms with Gasteiger partial charge in [0.1, 0.15) is 0 Å². The highest BCUT2D eigenvalue weighted by molar-refractivity contribution is 9.10. The first kappa shape index (κ1) is 11.4. The zero-order valence-electron chi connectivity index (χ0n) is 8.93.